The van der Waals surface area contributed by atoms with Crippen molar-refractivity contribution < 1.29 is 0 Å². The van der Waals surface area contributed by atoms with Gasteiger partial charge in [-0.05, 0) is 139 Å². The summed E-state index contributed by atoms with van der Waals surface area (Å²) in [6, 6.07) is 65.9. The van der Waals surface area contributed by atoms with Crippen molar-refractivity contribution in [1.82, 2.24) is 14.5 Å². The first kappa shape index (κ1) is 33.9. The molecule has 0 radical (unpaired) electrons. The summed E-state index contributed by atoms with van der Waals surface area (Å²) >= 11 is 1.93. The fraction of sp³-hybridized carbons (Fsp3) is 0.0714. The molecule has 4 heterocycles. The first-order chi connectivity index (χ1) is 29.5. The van der Waals surface area contributed by atoms with E-state index >= 15 is 0 Å². The summed E-state index contributed by atoms with van der Waals surface area (Å²) in [6.07, 6.45) is 3.72. The number of fused-ring (bicyclic) bond motifs is 17. The van der Waals surface area contributed by atoms with E-state index < -0.39 is 5.41 Å². The molecular weight excluding hydrogens is 747 g/mol. The topological polar surface area (TPSA) is 30.7 Å². The van der Waals surface area contributed by atoms with Crippen molar-refractivity contribution in [3.63, 3.8) is 0 Å². The Bertz CT molecular complexity index is 3450. The molecule has 2 aliphatic carbocycles. The van der Waals surface area contributed by atoms with Gasteiger partial charge in [-0.15, -0.1) is 0 Å². The van der Waals surface area contributed by atoms with Gasteiger partial charge in [-0.1, -0.05) is 141 Å². The third kappa shape index (κ3) is 4.41. The summed E-state index contributed by atoms with van der Waals surface area (Å²) in [5.41, 5.74) is 19.4. The minimum absolute atomic E-state index is 0.109. The van der Waals surface area contributed by atoms with Crippen LogP contribution in [0.5, 0.6) is 0 Å². The highest BCUT2D eigenvalue weighted by Gasteiger charge is 2.50. The fourth-order valence-corrected chi connectivity index (χ4v) is 12.2. The molecule has 282 valence electrons. The lowest BCUT2D eigenvalue weighted by molar-refractivity contribution is 0.653. The average Bonchev–Trinajstić information content (AvgIpc) is 3.71. The predicted octanol–water partition coefficient (Wildman–Crippen LogP) is 14.0. The largest absolute Gasteiger partial charge is 0.278 e. The Labute approximate surface area is 353 Å². The van der Waals surface area contributed by atoms with Crippen LogP contribution in [0.1, 0.15) is 47.2 Å². The second-order valence-corrected chi connectivity index (χ2v) is 18.0. The Balaban J connectivity index is 1.15. The van der Waals surface area contributed by atoms with Crippen LogP contribution >= 0.6 is 11.8 Å². The number of benzene rings is 7. The normalized spacial score (nSPS) is 16.3. The smallest absolute Gasteiger partial charge is 0.146 e. The van der Waals surface area contributed by atoms with Crippen molar-refractivity contribution >= 4 is 33.7 Å². The molecule has 1 aliphatic heterocycles. The van der Waals surface area contributed by atoms with E-state index in [0.717, 1.165) is 27.8 Å². The van der Waals surface area contributed by atoms with Crippen LogP contribution in [0.25, 0.3) is 72.3 Å². The number of nitrogens with zero attached hydrogens (tertiary/aromatic N) is 3. The van der Waals surface area contributed by atoms with E-state index in [9.17, 15) is 0 Å². The molecule has 0 N–H and O–H groups in total. The first-order valence-electron chi connectivity index (χ1n) is 20.7. The van der Waals surface area contributed by atoms with Gasteiger partial charge in [0.1, 0.15) is 11.5 Å². The van der Waals surface area contributed by atoms with Crippen LogP contribution < -0.4 is 0 Å². The van der Waals surface area contributed by atoms with Gasteiger partial charge in [-0.2, -0.15) is 0 Å². The quantitative estimate of drug-likeness (QED) is 0.175. The molecule has 60 heavy (non-hydrogen) atoms. The van der Waals surface area contributed by atoms with E-state index in [0.29, 0.717) is 0 Å². The van der Waals surface area contributed by atoms with Crippen LogP contribution in [0, 0.1) is 0 Å². The minimum atomic E-state index is -0.627. The van der Waals surface area contributed by atoms with Crippen molar-refractivity contribution in [2.45, 2.75) is 34.5 Å². The maximum atomic E-state index is 4.88. The molecule has 1 unspecified atom stereocenters. The Hall–Kier alpha value is -7.01. The van der Waals surface area contributed by atoms with Crippen LogP contribution in [0.15, 0.2) is 198 Å². The zero-order valence-electron chi connectivity index (χ0n) is 33.1. The second-order valence-electron chi connectivity index (χ2n) is 16.9. The van der Waals surface area contributed by atoms with E-state index in [1.807, 2.05) is 42.4 Å². The molecule has 3 nitrogen and oxygen atoms in total. The predicted molar refractivity (Wildman–Crippen MR) is 246 cm³/mol. The van der Waals surface area contributed by atoms with Gasteiger partial charge < -0.3 is 0 Å². The van der Waals surface area contributed by atoms with Gasteiger partial charge in [0.2, 0.25) is 0 Å². The third-order valence-electron chi connectivity index (χ3n) is 13.6. The van der Waals surface area contributed by atoms with Crippen LogP contribution in [0.3, 0.4) is 0 Å². The highest BCUT2D eigenvalue weighted by molar-refractivity contribution is 7.99. The highest BCUT2D eigenvalue weighted by Crippen LogP contribution is 2.63. The number of hydrogen-bond donors (Lipinski definition) is 0. The van der Waals surface area contributed by atoms with Gasteiger partial charge in [-0.3, -0.25) is 4.57 Å². The van der Waals surface area contributed by atoms with Gasteiger partial charge in [0, 0.05) is 38.4 Å². The molecule has 1 spiro atoms. The summed E-state index contributed by atoms with van der Waals surface area (Å²) in [6.45, 7) is 4.78. The molecule has 0 saturated carbocycles. The van der Waals surface area contributed by atoms with E-state index in [-0.39, 0.29) is 5.41 Å². The molecule has 10 aromatic rings. The van der Waals surface area contributed by atoms with Gasteiger partial charge in [0.15, 0.2) is 0 Å². The SMILES string of the molecule is CC1(C)c2ccccc2-c2cc3c(cc21)Sc1ccccc1C31c2ccccc2-c2ccccc2-c2ccc(-c3ccc4c(c3)c3cccnc3n4-c3ccccn3)cc21. The van der Waals surface area contributed by atoms with Crippen molar-refractivity contribution in [3.05, 3.63) is 222 Å². The second kappa shape index (κ2) is 12.3. The number of aromatic nitrogens is 3. The van der Waals surface area contributed by atoms with Crippen molar-refractivity contribution in [3.8, 4) is 50.3 Å². The highest BCUT2D eigenvalue weighted by atomic mass is 32.2. The van der Waals surface area contributed by atoms with Gasteiger partial charge in [0.25, 0.3) is 0 Å². The first-order valence-corrected chi connectivity index (χ1v) is 21.5. The van der Waals surface area contributed by atoms with Crippen molar-refractivity contribution in [2.24, 2.45) is 0 Å². The van der Waals surface area contributed by atoms with E-state index in [1.54, 1.807) is 0 Å². The van der Waals surface area contributed by atoms with Crippen molar-refractivity contribution in [1.29, 1.82) is 0 Å². The summed E-state index contributed by atoms with van der Waals surface area (Å²) in [4.78, 5) is 12.2. The van der Waals surface area contributed by atoms with E-state index in [4.69, 9.17) is 9.97 Å². The Kier molecular flexibility index (Phi) is 6.93. The number of rotatable bonds is 2. The lowest BCUT2D eigenvalue weighted by Gasteiger charge is -2.43. The lowest BCUT2D eigenvalue weighted by Crippen LogP contribution is -2.35. The molecule has 0 bridgehead atoms. The van der Waals surface area contributed by atoms with Crippen LogP contribution in [-0.4, -0.2) is 14.5 Å². The Morgan fingerprint density at radius 3 is 1.87 bits per heavy atom. The summed E-state index contributed by atoms with van der Waals surface area (Å²) in [5.74, 6) is 0.859. The monoisotopic (exact) mass is 783 g/mol. The van der Waals surface area contributed by atoms with Crippen LogP contribution in [0.2, 0.25) is 0 Å². The van der Waals surface area contributed by atoms with Crippen molar-refractivity contribution in [2.75, 3.05) is 0 Å². The number of pyridine rings is 2. The maximum Gasteiger partial charge on any atom is 0.146 e. The van der Waals surface area contributed by atoms with Gasteiger partial charge in [-0.25, -0.2) is 9.97 Å². The minimum Gasteiger partial charge on any atom is -0.278 e. The van der Waals surface area contributed by atoms with E-state index in [2.05, 4.69) is 176 Å². The molecule has 7 aromatic carbocycles. The lowest BCUT2D eigenvalue weighted by atomic mass is 9.62. The molecule has 0 amide bonds. The number of hydrogen-bond acceptors (Lipinski definition) is 3. The maximum absolute atomic E-state index is 4.88. The molecule has 13 rings (SSSR count). The van der Waals surface area contributed by atoms with Gasteiger partial charge >= 0.3 is 0 Å². The molecule has 0 saturated heterocycles. The summed E-state index contributed by atoms with van der Waals surface area (Å²) in [7, 11) is 0. The van der Waals surface area contributed by atoms with Crippen LogP contribution in [0.4, 0.5) is 0 Å². The summed E-state index contributed by atoms with van der Waals surface area (Å²) < 4.78 is 2.18. The standard InChI is InChI=1S/C56H37N3S/c1-55(2)44-19-7-5-17-39(44)42-32-49-52(33-47(42)55)60-51-22-10-9-21-46(51)56(49)45-20-8-6-16-38(45)36-14-3-4-15-37(36)40-26-24-35(31-48(40)56)34-25-27-50-43(30-34)41-18-13-29-58-54(41)59(50)53-23-11-12-28-57-53/h3-33H,1-2H3. The van der Waals surface area contributed by atoms with Crippen LogP contribution in [-0.2, 0) is 10.8 Å². The molecule has 3 aromatic heterocycles. The fourth-order valence-electron chi connectivity index (χ4n) is 11.0. The third-order valence-corrected chi connectivity index (χ3v) is 14.7. The van der Waals surface area contributed by atoms with Gasteiger partial charge in [0.05, 0.1) is 10.9 Å². The summed E-state index contributed by atoms with van der Waals surface area (Å²) in [5, 5.41) is 2.27. The zero-order valence-corrected chi connectivity index (χ0v) is 34.0. The Morgan fingerprint density at radius 2 is 1.07 bits per heavy atom. The van der Waals surface area contributed by atoms with E-state index in [1.165, 1.54) is 87.7 Å². The molecule has 4 heteroatoms. The molecule has 1 atom stereocenters. The molecule has 3 aliphatic rings. The molecular formula is C56H37N3S. The Morgan fingerprint density at radius 1 is 0.417 bits per heavy atom. The zero-order chi connectivity index (χ0) is 39.7. The average molecular weight is 784 g/mol. The molecule has 0 fully saturated rings.